The van der Waals surface area contributed by atoms with Crippen LogP contribution in [-0.2, 0) is 9.59 Å². The van der Waals surface area contributed by atoms with Crippen LogP contribution < -0.4 is 10.2 Å². The topological polar surface area (TPSA) is 114 Å². The zero-order valence-electron chi connectivity index (χ0n) is 19.4. The molecule has 1 aliphatic heterocycles. The molecule has 6 rings (SSSR count). The molecule has 1 spiro atoms. The first kappa shape index (κ1) is 22.7. The van der Waals surface area contributed by atoms with Gasteiger partial charge in [0, 0.05) is 49.7 Å². The number of hydrogen-bond donors (Lipinski definition) is 1. The predicted octanol–water partition coefficient (Wildman–Crippen LogP) is 3.22. The molecule has 36 heavy (non-hydrogen) atoms. The predicted molar refractivity (Wildman–Crippen MR) is 124 cm³/mol. The van der Waals surface area contributed by atoms with Crippen molar-refractivity contribution >= 4 is 35.1 Å². The van der Waals surface area contributed by atoms with Gasteiger partial charge in [-0.15, -0.1) is 0 Å². The zero-order chi connectivity index (χ0) is 25.0. The first-order valence-electron chi connectivity index (χ1n) is 12.1. The number of fused-ring (bicyclic) bond motifs is 1. The number of aldehydes is 1. The van der Waals surface area contributed by atoms with Crippen molar-refractivity contribution in [3.8, 4) is 0 Å². The molecule has 2 saturated carbocycles. The van der Waals surface area contributed by atoms with E-state index >= 15 is 0 Å². The molecule has 12 heteroatoms. The van der Waals surface area contributed by atoms with Crippen LogP contribution in [0, 0.1) is 11.3 Å². The summed E-state index contributed by atoms with van der Waals surface area (Å²) in [6.07, 6.45) is 6.47. The highest BCUT2D eigenvalue weighted by Crippen LogP contribution is 2.47. The lowest BCUT2D eigenvalue weighted by Gasteiger charge is -2.55. The van der Waals surface area contributed by atoms with Crippen LogP contribution in [0.5, 0.6) is 0 Å². The van der Waals surface area contributed by atoms with Crippen LogP contribution in [0.25, 0.3) is 5.65 Å². The number of anilines is 2. The molecule has 0 aromatic carbocycles. The Morgan fingerprint density at radius 2 is 1.94 bits per heavy atom. The van der Waals surface area contributed by atoms with Crippen LogP contribution in [0.2, 0.25) is 0 Å². The minimum Gasteiger partial charge on any atom is -0.355 e. The van der Waals surface area contributed by atoms with E-state index in [1.807, 2.05) is 0 Å². The molecule has 3 aromatic rings. The van der Waals surface area contributed by atoms with Crippen molar-refractivity contribution in [2.75, 3.05) is 23.3 Å². The van der Waals surface area contributed by atoms with Crippen molar-refractivity contribution in [1.82, 2.24) is 24.4 Å². The van der Waals surface area contributed by atoms with Gasteiger partial charge in [0.2, 0.25) is 0 Å². The van der Waals surface area contributed by atoms with Crippen molar-refractivity contribution in [2.45, 2.75) is 51.0 Å². The number of nitrogens with zero attached hydrogens (tertiary/aromatic N) is 6. The summed E-state index contributed by atoms with van der Waals surface area (Å²) in [4.78, 5) is 42.2. The van der Waals surface area contributed by atoms with Crippen LogP contribution in [0.4, 0.5) is 20.3 Å². The van der Waals surface area contributed by atoms with E-state index in [9.17, 15) is 23.2 Å². The largest absolute Gasteiger partial charge is 0.355 e. The van der Waals surface area contributed by atoms with Gasteiger partial charge < -0.3 is 15.0 Å². The smallest absolute Gasteiger partial charge is 0.284 e. The van der Waals surface area contributed by atoms with E-state index in [0.717, 1.165) is 19.4 Å². The fourth-order valence-corrected chi connectivity index (χ4v) is 5.67. The second-order valence-electron chi connectivity index (χ2n) is 10.2. The third-order valence-corrected chi connectivity index (χ3v) is 7.64. The molecule has 3 aliphatic rings. The third kappa shape index (κ3) is 3.84. The SMILES string of the molecule is O=CC1CCC(n2cc(NC(=O)c3cnn4ccc(N5CC6(CC(=O)C6)C5)nc34)c(C(F)F)n2)CC1. The molecule has 4 heterocycles. The minimum absolute atomic E-state index is 0.00317. The normalized spacial score (nSPS) is 23.1. The van der Waals surface area contributed by atoms with E-state index in [0.29, 0.717) is 50.0 Å². The number of amides is 1. The Morgan fingerprint density at radius 1 is 1.19 bits per heavy atom. The summed E-state index contributed by atoms with van der Waals surface area (Å²) in [5.74, 6) is 0.351. The van der Waals surface area contributed by atoms with Gasteiger partial charge in [0.25, 0.3) is 12.3 Å². The Morgan fingerprint density at radius 3 is 2.61 bits per heavy atom. The maximum Gasteiger partial charge on any atom is 0.284 e. The summed E-state index contributed by atoms with van der Waals surface area (Å²) in [7, 11) is 0. The monoisotopic (exact) mass is 497 g/mol. The average Bonchev–Trinajstić information content (AvgIpc) is 3.44. The number of carbonyl (C=O) groups excluding carboxylic acids is 3. The molecule has 1 N–H and O–H groups in total. The Kier molecular flexibility index (Phi) is 5.34. The maximum absolute atomic E-state index is 13.7. The lowest BCUT2D eigenvalue weighted by atomic mass is 9.63. The van der Waals surface area contributed by atoms with Crippen LogP contribution in [-0.4, -0.2) is 55.4 Å². The Hall–Kier alpha value is -3.70. The van der Waals surface area contributed by atoms with E-state index in [-0.39, 0.29) is 34.4 Å². The maximum atomic E-state index is 13.7. The molecule has 3 aromatic heterocycles. The van der Waals surface area contributed by atoms with Crippen LogP contribution in [0.3, 0.4) is 0 Å². The fraction of sp³-hybridized carbons (Fsp3) is 0.500. The number of Topliss-reactive ketones (excluding diaryl/α,β-unsaturated/α-hetero) is 1. The Balaban J connectivity index is 1.21. The summed E-state index contributed by atoms with van der Waals surface area (Å²) in [5.41, 5.74) is -0.0163. The number of nitrogens with one attached hydrogen (secondary N) is 1. The standard InChI is InChI=1S/C24H25F2N7O3/c25-21(26)20-18(10-33(30-20)15-3-1-14(11-34)2-4-15)28-23(36)17-9-27-32-6-5-19(29-22(17)32)31-12-24(13-31)7-16(35)8-24/h5-6,9-11,14-15,21H,1-4,7-8,12-13H2,(H,28,36). The summed E-state index contributed by atoms with van der Waals surface area (Å²) >= 11 is 0. The molecule has 0 atom stereocenters. The number of carbonyl (C=O) groups is 3. The molecule has 1 saturated heterocycles. The molecule has 1 amide bonds. The molecule has 0 unspecified atom stereocenters. The Bertz CT molecular complexity index is 1340. The number of rotatable bonds is 6. The van der Waals surface area contributed by atoms with Crippen LogP contribution in [0.15, 0.2) is 24.7 Å². The molecular formula is C24H25F2N7O3. The van der Waals surface area contributed by atoms with Gasteiger partial charge in [0.15, 0.2) is 11.3 Å². The minimum atomic E-state index is -2.86. The molecule has 0 radical (unpaired) electrons. The second kappa shape index (κ2) is 8.45. The first-order chi connectivity index (χ1) is 17.3. The van der Waals surface area contributed by atoms with Gasteiger partial charge >= 0.3 is 0 Å². The number of hydrogen-bond acceptors (Lipinski definition) is 7. The number of aromatic nitrogens is 5. The molecule has 2 aliphatic carbocycles. The number of halogens is 2. The molecule has 10 nitrogen and oxygen atoms in total. The average molecular weight is 498 g/mol. The van der Waals surface area contributed by atoms with Crippen molar-refractivity contribution in [3.63, 3.8) is 0 Å². The van der Waals surface area contributed by atoms with Crippen molar-refractivity contribution in [2.24, 2.45) is 11.3 Å². The lowest BCUT2D eigenvalue weighted by Crippen LogP contribution is -2.63. The van der Waals surface area contributed by atoms with Gasteiger partial charge in [-0.2, -0.15) is 10.2 Å². The van der Waals surface area contributed by atoms with E-state index < -0.39 is 18.0 Å². The summed E-state index contributed by atoms with van der Waals surface area (Å²) in [6.45, 7) is 1.48. The van der Waals surface area contributed by atoms with Gasteiger partial charge in [-0.05, 0) is 31.7 Å². The summed E-state index contributed by atoms with van der Waals surface area (Å²) < 4.78 is 30.4. The second-order valence-corrected chi connectivity index (χ2v) is 10.2. The fourth-order valence-electron chi connectivity index (χ4n) is 5.67. The third-order valence-electron chi connectivity index (χ3n) is 7.64. The highest BCUT2D eigenvalue weighted by Gasteiger charge is 2.52. The first-order valence-corrected chi connectivity index (χ1v) is 12.1. The Labute approximate surface area is 204 Å². The van der Waals surface area contributed by atoms with Gasteiger partial charge in [0.05, 0.1) is 17.9 Å². The van der Waals surface area contributed by atoms with Gasteiger partial charge in [0.1, 0.15) is 23.5 Å². The van der Waals surface area contributed by atoms with E-state index in [1.165, 1.54) is 21.6 Å². The van der Waals surface area contributed by atoms with Crippen molar-refractivity contribution in [3.05, 3.63) is 35.9 Å². The van der Waals surface area contributed by atoms with Crippen LogP contribution in [0.1, 0.15) is 67.0 Å². The zero-order valence-corrected chi connectivity index (χ0v) is 19.4. The molecule has 3 fully saturated rings. The van der Waals surface area contributed by atoms with Gasteiger partial charge in [-0.3, -0.25) is 14.3 Å². The number of alkyl halides is 2. The molecule has 188 valence electrons. The highest BCUT2D eigenvalue weighted by atomic mass is 19.3. The number of ketones is 1. The highest BCUT2D eigenvalue weighted by molar-refractivity contribution is 6.08. The van der Waals surface area contributed by atoms with E-state index in [4.69, 9.17) is 0 Å². The quantitative estimate of drug-likeness (QED) is 0.520. The molecular weight excluding hydrogens is 472 g/mol. The van der Waals surface area contributed by atoms with E-state index in [1.54, 1.807) is 12.3 Å². The van der Waals surface area contributed by atoms with Crippen molar-refractivity contribution < 1.29 is 23.2 Å². The van der Waals surface area contributed by atoms with Gasteiger partial charge in [-0.25, -0.2) is 18.3 Å². The van der Waals surface area contributed by atoms with Crippen LogP contribution >= 0.6 is 0 Å². The lowest BCUT2D eigenvalue weighted by molar-refractivity contribution is -0.134. The summed E-state index contributed by atoms with van der Waals surface area (Å²) in [6, 6.07) is 1.70. The summed E-state index contributed by atoms with van der Waals surface area (Å²) in [5, 5.41) is 10.8. The van der Waals surface area contributed by atoms with Crippen molar-refractivity contribution in [1.29, 1.82) is 0 Å². The van der Waals surface area contributed by atoms with Gasteiger partial charge in [-0.1, -0.05) is 0 Å². The van der Waals surface area contributed by atoms with E-state index in [2.05, 4.69) is 25.4 Å². The molecule has 0 bridgehead atoms.